The predicted molar refractivity (Wildman–Crippen MR) is 112 cm³/mol. The summed E-state index contributed by atoms with van der Waals surface area (Å²) in [5.74, 6) is 0.425. The Kier molecular flexibility index (Phi) is 7.11. The Labute approximate surface area is 157 Å². The van der Waals surface area contributed by atoms with Crippen molar-refractivity contribution in [1.82, 2.24) is 5.32 Å². The first-order valence-electron chi connectivity index (χ1n) is 9.13. The van der Waals surface area contributed by atoms with Crippen LogP contribution < -0.4 is 5.32 Å². The molecule has 136 valence electrons. The lowest BCUT2D eigenvalue weighted by Crippen LogP contribution is -2.34. The summed E-state index contributed by atoms with van der Waals surface area (Å²) in [7, 11) is 1.96. The van der Waals surface area contributed by atoms with Crippen LogP contribution in [0.4, 0.5) is 0 Å². The van der Waals surface area contributed by atoms with Crippen molar-refractivity contribution in [3.05, 3.63) is 83.9 Å². The normalized spacial score (nSPS) is 14.3. The highest BCUT2D eigenvalue weighted by atomic mass is 16.1. The molecule has 2 unspecified atom stereocenters. The van der Waals surface area contributed by atoms with Gasteiger partial charge in [0.25, 0.3) is 0 Å². The molecular formula is C24H29NO. The smallest absolute Gasteiger partial charge is 0.130 e. The molecule has 0 saturated heterocycles. The van der Waals surface area contributed by atoms with Crippen molar-refractivity contribution >= 4 is 16.9 Å². The first-order chi connectivity index (χ1) is 12.5. The number of carbonyl (C=O) groups excluding carboxylic acids is 1. The van der Waals surface area contributed by atoms with Gasteiger partial charge in [-0.3, -0.25) is 0 Å². The van der Waals surface area contributed by atoms with Gasteiger partial charge in [-0.05, 0) is 54.7 Å². The third kappa shape index (κ3) is 4.80. The van der Waals surface area contributed by atoms with E-state index in [4.69, 9.17) is 0 Å². The van der Waals surface area contributed by atoms with Gasteiger partial charge in [0.05, 0.1) is 0 Å². The summed E-state index contributed by atoms with van der Waals surface area (Å²) in [5.41, 5.74) is 5.62. The monoisotopic (exact) mass is 347 g/mol. The van der Waals surface area contributed by atoms with Crippen LogP contribution in [-0.2, 0) is 4.79 Å². The molecule has 0 bridgehead atoms. The molecule has 2 atom stereocenters. The van der Waals surface area contributed by atoms with Crippen LogP contribution in [0.5, 0.6) is 0 Å². The zero-order valence-corrected chi connectivity index (χ0v) is 16.3. The maximum atomic E-state index is 11.6. The Balaban J connectivity index is 2.56. The van der Waals surface area contributed by atoms with E-state index in [1.165, 1.54) is 5.57 Å². The average molecular weight is 348 g/mol. The molecule has 2 aromatic carbocycles. The quantitative estimate of drug-likeness (QED) is 0.650. The van der Waals surface area contributed by atoms with Crippen LogP contribution in [0.2, 0.25) is 0 Å². The van der Waals surface area contributed by atoms with Crippen LogP contribution >= 0.6 is 0 Å². The van der Waals surface area contributed by atoms with E-state index >= 15 is 0 Å². The first kappa shape index (κ1) is 19.9. The van der Waals surface area contributed by atoms with Gasteiger partial charge in [0, 0.05) is 12.5 Å². The average Bonchev–Trinajstić information content (AvgIpc) is 2.63. The van der Waals surface area contributed by atoms with E-state index in [9.17, 15) is 4.79 Å². The number of benzene rings is 2. The van der Waals surface area contributed by atoms with Crippen LogP contribution in [-0.4, -0.2) is 18.9 Å². The number of Topliss-reactive ketones (excluding diaryl/α,β-unsaturated/α-hetero) is 1. The van der Waals surface area contributed by atoms with E-state index < -0.39 is 0 Å². The van der Waals surface area contributed by atoms with E-state index in [2.05, 4.69) is 50.0 Å². The van der Waals surface area contributed by atoms with Crippen molar-refractivity contribution in [1.29, 1.82) is 0 Å². The van der Waals surface area contributed by atoms with E-state index in [1.54, 1.807) is 6.92 Å². The molecule has 0 saturated carbocycles. The molecule has 0 amide bonds. The molecule has 0 spiro atoms. The van der Waals surface area contributed by atoms with Gasteiger partial charge in [-0.25, -0.2) is 0 Å². The van der Waals surface area contributed by atoms with E-state index in [0.29, 0.717) is 6.42 Å². The standard InChI is InChI=1S/C24H29NO/c1-17(16-18(2)26)24(25-5)20(4)23(22-14-10-7-11-15-22)19(3)21-12-8-6-9-13-21/h6-15,17,24-25H,3,16H2,1-2,4-5H3/b23-20+. The highest BCUT2D eigenvalue weighted by molar-refractivity contribution is 6.05. The number of allylic oxidation sites excluding steroid dienone is 2. The fraction of sp³-hybridized carbons (Fsp3) is 0.292. The summed E-state index contributed by atoms with van der Waals surface area (Å²) < 4.78 is 0. The Morgan fingerprint density at radius 3 is 1.92 bits per heavy atom. The highest BCUT2D eigenvalue weighted by Crippen LogP contribution is 2.35. The van der Waals surface area contributed by atoms with Gasteiger partial charge in [0.15, 0.2) is 0 Å². The number of hydrogen-bond donors (Lipinski definition) is 1. The molecular weight excluding hydrogens is 318 g/mol. The summed E-state index contributed by atoms with van der Waals surface area (Å²) in [6.45, 7) is 10.3. The Bertz CT molecular complexity index is 774. The van der Waals surface area contributed by atoms with Gasteiger partial charge in [-0.1, -0.05) is 74.2 Å². The van der Waals surface area contributed by atoms with Gasteiger partial charge in [-0.15, -0.1) is 0 Å². The molecule has 0 aliphatic rings. The topological polar surface area (TPSA) is 29.1 Å². The second-order valence-electron chi connectivity index (χ2n) is 6.92. The molecule has 0 radical (unpaired) electrons. The second-order valence-corrected chi connectivity index (χ2v) is 6.92. The SMILES string of the molecule is C=C(/C(=C(/C)C(NC)C(C)CC(C)=O)c1ccccc1)c1ccccc1. The van der Waals surface area contributed by atoms with Crippen molar-refractivity contribution in [2.24, 2.45) is 5.92 Å². The maximum Gasteiger partial charge on any atom is 0.130 e. The fourth-order valence-electron chi connectivity index (χ4n) is 3.68. The lowest BCUT2D eigenvalue weighted by Gasteiger charge is -2.27. The number of hydrogen-bond acceptors (Lipinski definition) is 2. The van der Waals surface area contributed by atoms with Crippen LogP contribution in [0.25, 0.3) is 11.1 Å². The van der Waals surface area contributed by atoms with Crippen molar-refractivity contribution in [2.75, 3.05) is 7.05 Å². The van der Waals surface area contributed by atoms with E-state index in [-0.39, 0.29) is 17.7 Å². The van der Waals surface area contributed by atoms with Crippen LogP contribution in [0.1, 0.15) is 38.3 Å². The van der Waals surface area contributed by atoms with Crippen LogP contribution in [0.3, 0.4) is 0 Å². The van der Waals surface area contributed by atoms with Gasteiger partial charge >= 0.3 is 0 Å². The summed E-state index contributed by atoms with van der Waals surface area (Å²) in [6.07, 6.45) is 0.558. The summed E-state index contributed by atoms with van der Waals surface area (Å²) in [6, 6.07) is 20.7. The molecule has 0 aromatic heterocycles. The van der Waals surface area contributed by atoms with Crippen molar-refractivity contribution in [3.8, 4) is 0 Å². The van der Waals surface area contributed by atoms with Crippen LogP contribution in [0.15, 0.2) is 72.8 Å². The van der Waals surface area contributed by atoms with E-state index in [0.717, 1.165) is 22.3 Å². The zero-order valence-electron chi connectivity index (χ0n) is 16.3. The molecule has 1 N–H and O–H groups in total. The fourth-order valence-corrected chi connectivity index (χ4v) is 3.68. The largest absolute Gasteiger partial charge is 0.313 e. The maximum absolute atomic E-state index is 11.6. The molecule has 2 heteroatoms. The van der Waals surface area contributed by atoms with Gasteiger partial charge in [0.1, 0.15) is 5.78 Å². The molecule has 2 aromatic rings. The number of likely N-dealkylation sites (N-methyl/N-ethyl adjacent to an activating group) is 1. The summed E-state index contributed by atoms with van der Waals surface area (Å²) in [4.78, 5) is 11.6. The van der Waals surface area contributed by atoms with Crippen LogP contribution in [0, 0.1) is 5.92 Å². The summed E-state index contributed by atoms with van der Waals surface area (Å²) >= 11 is 0. The predicted octanol–water partition coefficient (Wildman–Crippen LogP) is 5.38. The molecule has 2 rings (SSSR count). The molecule has 2 nitrogen and oxygen atoms in total. The van der Waals surface area contributed by atoms with Crippen molar-refractivity contribution in [2.45, 2.75) is 33.2 Å². The molecule has 26 heavy (non-hydrogen) atoms. The van der Waals surface area contributed by atoms with Crippen molar-refractivity contribution < 1.29 is 4.79 Å². The summed E-state index contributed by atoms with van der Waals surface area (Å²) in [5, 5.41) is 3.41. The number of rotatable bonds is 8. The minimum atomic E-state index is 0.106. The number of ketones is 1. The molecule has 0 fully saturated rings. The minimum absolute atomic E-state index is 0.106. The van der Waals surface area contributed by atoms with Crippen molar-refractivity contribution in [3.63, 3.8) is 0 Å². The molecule has 0 heterocycles. The third-order valence-electron chi connectivity index (χ3n) is 4.84. The van der Waals surface area contributed by atoms with Gasteiger partial charge < -0.3 is 10.1 Å². The molecule has 0 aliphatic heterocycles. The highest BCUT2D eigenvalue weighted by Gasteiger charge is 2.23. The van der Waals surface area contributed by atoms with E-state index in [1.807, 2.05) is 43.4 Å². The lowest BCUT2D eigenvalue weighted by atomic mass is 9.83. The Hall–Kier alpha value is -2.45. The Morgan fingerprint density at radius 2 is 1.46 bits per heavy atom. The lowest BCUT2D eigenvalue weighted by molar-refractivity contribution is -0.117. The van der Waals surface area contributed by atoms with Gasteiger partial charge in [-0.2, -0.15) is 0 Å². The number of carbonyl (C=O) groups is 1. The minimum Gasteiger partial charge on any atom is -0.313 e. The second kappa shape index (κ2) is 9.30. The third-order valence-corrected chi connectivity index (χ3v) is 4.84. The number of nitrogens with one attached hydrogen (secondary N) is 1. The molecule has 0 aliphatic carbocycles. The first-order valence-corrected chi connectivity index (χ1v) is 9.13. The Morgan fingerprint density at radius 1 is 0.962 bits per heavy atom. The van der Waals surface area contributed by atoms with Gasteiger partial charge in [0.2, 0.25) is 0 Å². The zero-order chi connectivity index (χ0) is 19.1.